The quantitative estimate of drug-likeness (QED) is 0.780. The van der Waals surface area contributed by atoms with Gasteiger partial charge in [0.05, 0.1) is 23.7 Å². The maximum Gasteiger partial charge on any atom is 0.240 e. The minimum atomic E-state index is -3.51. The number of benzene rings is 1. The Labute approximate surface area is 123 Å². The Morgan fingerprint density at radius 3 is 2.70 bits per heavy atom. The molecule has 1 unspecified atom stereocenters. The molecule has 7 heteroatoms. The number of nitrogens with one attached hydrogen (secondary N) is 1. The number of aliphatic hydroxyl groups excluding tert-OH is 1. The van der Waals surface area contributed by atoms with E-state index in [0.29, 0.717) is 0 Å². The summed E-state index contributed by atoms with van der Waals surface area (Å²) in [6.45, 7) is 0.405. The lowest BCUT2D eigenvalue weighted by Gasteiger charge is -2.28. The summed E-state index contributed by atoms with van der Waals surface area (Å²) in [5.74, 6) is 1.68. The Morgan fingerprint density at radius 2 is 2.10 bits per heavy atom. The van der Waals surface area contributed by atoms with Crippen molar-refractivity contribution in [3.05, 3.63) is 30.3 Å². The summed E-state index contributed by atoms with van der Waals surface area (Å²) in [6.07, 6.45) is 0.787. The molecule has 20 heavy (non-hydrogen) atoms. The van der Waals surface area contributed by atoms with Crippen LogP contribution in [0.1, 0.15) is 6.42 Å². The lowest BCUT2D eigenvalue weighted by atomic mass is 10.0. The van der Waals surface area contributed by atoms with Crippen LogP contribution in [0.4, 0.5) is 0 Å². The lowest BCUT2D eigenvalue weighted by molar-refractivity contribution is -0.0358. The first kappa shape index (κ1) is 15.8. The van der Waals surface area contributed by atoms with Gasteiger partial charge in [0.2, 0.25) is 10.0 Å². The molecule has 2 rings (SSSR count). The Bertz CT molecular complexity index is 512. The van der Waals surface area contributed by atoms with Crippen LogP contribution in [-0.2, 0) is 14.8 Å². The molecule has 5 nitrogen and oxygen atoms in total. The van der Waals surface area contributed by atoms with Crippen molar-refractivity contribution in [2.45, 2.75) is 16.9 Å². The molecule has 1 aliphatic heterocycles. The van der Waals surface area contributed by atoms with Crippen LogP contribution in [0.2, 0.25) is 0 Å². The van der Waals surface area contributed by atoms with Gasteiger partial charge in [0, 0.05) is 12.3 Å². The first-order chi connectivity index (χ1) is 9.58. The molecule has 0 radical (unpaired) electrons. The molecule has 0 saturated carbocycles. The molecule has 0 bridgehead atoms. The third-order valence-electron chi connectivity index (χ3n) is 3.20. The standard InChI is InChI=1S/C13H19NO4S2/c15-7-8-18-13(6-9-19-11-13)10-14-20(16,17)12-4-2-1-3-5-12/h1-5,14-15H,6-11H2. The number of thioether (sulfide) groups is 1. The van der Waals surface area contributed by atoms with Gasteiger partial charge in [-0.2, -0.15) is 11.8 Å². The van der Waals surface area contributed by atoms with Crippen molar-refractivity contribution >= 4 is 21.8 Å². The fourth-order valence-corrected chi connectivity index (χ4v) is 4.56. The predicted molar refractivity (Wildman–Crippen MR) is 79.3 cm³/mol. The molecule has 1 heterocycles. The molecule has 0 spiro atoms. The summed E-state index contributed by atoms with van der Waals surface area (Å²) < 4.78 is 32.7. The third kappa shape index (κ3) is 3.95. The fourth-order valence-electron chi connectivity index (χ4n) is 2.06. The van der Waals surface area contributed by atoms with Gasteiger partial charge in [0.15, 0.2) is 0 Å². The van der Waals surface area contributed by atoms with Gasteiger partial charge in [-0.25, -0.2) is 13.1 Å². The van der Waals surface area contributed by atoms with Gasteiger partial charge in [-0.15, -0.1) is 0 Å². The zero-order chi connectivity index (χ0) is 14.5. The van der Waals surface area contributed by atoms with Crippen LogP contribution in [-0.4, -0.2) is 50.4 Å². The van der Waals surface area contributed by atoms with E-state index in [9.17, 15) is 8.42 Å². The molecule has 1 atom stereocenters. The normalized spacial score (nSPS) is 23.1. The second-order valence-electron chi connectivity index (χ2n) is 4.70. The Morgan fingerprint density at radius 1 is 1.35 bits per heavy atom. The highest BCUT2D eigenvalue weighted by Crippen LogP contribution is 2.31. The van der Waals surface area contributed by atoms with Gasteiger partial charge in [0.1, 0.15) is 0 Å². The zero-order valence-electron chi connectivity index (χ0n) is 11.1. The summed E-state index contributed by atoms with van der Waals surface area (Å²) >= 11 is 1.74. The number of aliphatic hydroxyl groups is 1. The van der Waals surface area contributed by atoms with Crippen molar-refractivity contribution in [1.82, 2.24) is 4.72 Å². The first-order valence-electron chi connectivity index (χ1n) is 6.45. The maximum absolute atomic E-state index is 12.2. The molecule has 1 aromatic carbocycles. The molecule has 2 N–H and O–H groups in total. The molecule has 1 aliphatic rings. The van der Waals surface area contributed by atoms with E-state index in [0.717, 1.165) is 17.9 Å². The summed E-state index contributed by atoms with van der Waals surface area (Å²) in [6, 6.07) is 8.29. The Balaban J connectivity index is 2.02. The average molecular weight is 317 g/mol. The number of rotatable bonds is 7. The second-order valence-corrected chi connectivity index (χ2v) is 7.57. The van der Waals surface area contributed by atoms with Gasteiger partial charge in [-0.05, 0) is 24.3 Å². The van der Waals surface area contributed by atoms with Crippen molar-refractivity contribution in [1.29, 1.82) is 0 Å². The number of hydrogen-bond donors (Lipinski definition) is 2. The Kier molecular flexibility index (Phi) is 5.45. The SMILES string of the molecule is O=S(=O)(NCC1(OCCO)CCSC1)c1ccccc1. The topological polar surface area (TPSA) is 75.6 Å². The van der Waals surface area contributed by atoms with Gasteiger partial charge < -0.3 is 9.84 Å². The van der Waals surface area contributed by atoms with E-state index in [1.54, 1.807) is 42.1 Å². The highest BCUT2D eigenvalue weighted by atomic mass is 32.2. The van der Waals surface area contributed by atoms with Gasteiger partial charge >= 0.3 is 0 Å². The van der Waals surface area contributed by atoms with Crippen LogP contribution >= 0.6 is 11.8 Å². The first-order valence-corrected chi connectivity index (χ1v) is 9.09. The van der Waals surface area contributed by atoms with Crippen molar-refractivity contribution in [2.24, 2.45) is 0 Å². The molecular formula is C13H19NO4S2. The van der Waals surface area contributed by atoms with E-state index in [2.05, 4.69) is 4.72 Å². The van der Waals surface area contributed by atoms with E-state index in [-0.39, 0.29) is 24.7 Å². The minimum absolute atomic E-state index is 0.0577. The van der Waals surface area contributed by atoms with Gasteiger partial charge in [-0.3, -0.25) is 0 Å². The molecule has 112 valence electrons. The Hall–Kier alpha value is -0.600. The molecule has 0 aliphatic carbocycles. The molecule has 0 amide bonds. The fraction of sp³-hybridized carbons (Fsp3) is 0.538. The van der Waals surface area contributed by atoms with E-state index in [4.69, 9.17) is 9.84 Å². The summed E-state index contributed by atoms with van der Waals surface area (Å²) in [5.41, 5.74) is -0.505. The number of ether oxygens (including phenoxy) is 1. The predicted octanol–water partition coefficient (Wildman–Crippen LogP) is 0.849. The van der Waals surface area contributed by atoms with Crippen LogP contribution in [0.3, 0.4) is 0 Å². The minimum Gasteiger partial charge on any atom is -0.394 e. The highest BCUT2D eigenvalue weighted by Gasteiger charge is 2.36. The monoisotopic (exact) mass is 317 g/mol. The number of hydrogen-bond acceptors (Lipinski definition) is 5. The summed E-state index contributed by atoms with van der Waals surface area (Å²) in [4.78, 5) is 0.253. The molecule has 1 aromatic rings. The van der Waals surface area contributed by atoms with E-state index in [1.807, 2.05) is 0 Å². The van der Waals surface area contributed by atoms with Crippen molar-refractivity contribution in [3.8, 4) is 0 Å². The molecule has 0 aromatic heterocycles. The van der Waals surface area contributed by atoms with Crippen LogP contribution in [0.15, 0.2) is 35.2 Å². The van der Waals surface area contributed by atoms with E-state index < -0.39 is 15.6 Å². The van der Waals surface area contributed by atoms with E-state index in [1.165, 1.54) is 0 Å². The molecule has 1 fully saturated rings. The van der Waals surface area contributed by atoms with Crippen LogP contribution in [0.25, 0.3) is 0 Å². The smallest absolute Gasteiger partial charge is 0.240 e. The molecular weight excluding hydrogens is 298 g/mol. The van der Waals surface area contributed by atoms with Crippen LogP contribution < -0.4 is 4.72 Å². The number of sulfonamides is 1. The van der Waals surface area contributed by atoms with Crippen LogP contribution in [0, 0.1) is 0 Å². The second kappa shape index (κ2) is 6.91. The van der Waals surface area contributed by atoms with E-state index >= 15 is 0 Å². The average Bonchev–Trinajstić information content (AvgIpc) is 2.94. The highest BCUT2D eigenvalue weighted by molar-refractivity contribution is 7.99. The van der Waals surface area contributed by atoms with Crippen molar-refractivity contribution in [2.75, 3.05) is 31.3 Å². The third-order valence-corrected chi connectivity index (χ3v) is 5.84. The molecule has 1 saturated heterocycles. The van der Waals surface area contributed by atoms with Crippen LogP contribution in [0.5, 0.6) is 0 Å². The maximum atomic E-state index is 12.2. The summed E-state index contributed by atoms with van der Waals surface area (Å²) in [7, 11) is -3.51. The largest absolute Gasteiger partial charge is 0.394 e. The van der Waals surface area contributed by atoms with Gasteiger partial charge in [-0.1, -0.05) is 18.2 Å². The van der Waals surface area contributed by atoms with Crippen molar-refractivity contribution < 1.29 is 18.3 Å². The zero-order valence-corrected chi connectivity index (χ0v) is 12.8. The summed E-state index contributed by atoms with van der Waals surface area (Å²) in [5, 5.41) is 8.88. The van der Waals surface area contributed by atoms with Crippen molar-refractivity contribution in [3.63, 3.8) is 0 Å². The van der Waals surface area contributed by atoms with Gasteiger partial charge in [0.25, 0.3) is 0 Å². The lowest BCUT2D eigenvalue weighted by Crippen LogP contribution is -2.45.